The van der Waals surface area contributed by atoms with E-state index in [1.54, 1.807) is 18.2 Å². The summed E-state index contributed by atoms with van der Waals surface area (Å²) in [7, 11) is 0. The van der Waals surface area contributed by atoms with E-state index in [1.165, 1.54) is 0 Å². The molecule has 0 aliphatic heterocycles. The zero-order valence-corrected chi connectivity index (χ0v) is 9.09. The van der Waals surface area contributed by atoms with Crippen molar-refractivity contribution in [1.82, 2.24) is 0 Å². The van der Waals surface area contributed by atoms with E-state index in [4.69, 9.17) is 5.53 Å². The first kappa shape index (κ1) is 12.0. The molecule has 2 amide bonds. The van der Waals surface area contributed by atoms with Gasteiger partial charge in [-0.15, -0.1) is 0 Å². The maximum Gasteiger partial charge on any atom is 0.220 e. The van der Waals surface area contributed by atoms with E-state index in [1.807, 2.05) is 6.92 Å². The lowest BCUT2D eigenvalue weighted by Gasteiger charge is -2.11. The SMILES string of the molecule is CCCc1cc(N(C=O)C=O)ccc1N=[NH2+]. The van der Waals surface area contributed by atoms with Crippen LogP contribution >= 0.6 is 0 Å². The fourth-order valence-electron chi connectivity index (χ4n) is 1.47. The van der Waals surface area contributed by atoms with Crippen molar-refractivity contribution in [2.24, 2.45) is 5.11 Å². The van der Waals surface area contributed by atoms with E-state index in [0.29, 0.717) is 24.2 Å². The van der Waals surface area contributed by atoms with Gasteiger partial charge in [-0.2, -0.15) is 5.53 Å². The van der Waals surface area contributed by atoms with Gasteiger partial charge in [0.25, 0.3) is 0 Å². The van der Waals surface area contributed by atoms with Crippen LogP contribution in [0.4, 0.5) is 11.4 Å². The number of carbonyl (C=O) groups is 2. The molecule has 5 nitrogen and oxygen atoms in total. The van der Waals surface area contributed by atoms with Crippen LogP contribution in [0, 0.1) is 0 Å². The van der Waals surface area contributed by atoms with E-state index < -0.39 is 0 Å². The molecule has 1 aromatic rings. The van der Waals surface area contributed by atoms with Crippen LogP contribution in [0.3, 0.4) is 0 Å². The summed E-state index contributed by atoms with van der Waals surface area (Å²) in [5.74, 6) is 0. The van der Waals surface area contributed by atoms with Crippen LogP contribution in [0.2, 0.25) is 0 Å². The summed E-state index contributed by atoms with van der Waals surface area (Å²) < 4.78 is 0. The van der Waals surface area contributed by atoms with E-state index in [-0.39, 0.29) is 0 Å². The summed E-state index contributed by atoms with van der Waals surface area (Å²) in [4.78, 5) is 22.2. The van der Waals surface area contributed by atoms with Crippen molar-refractivity contribution < 1.29 is 15.1 Å². The molecule has 0 aliphatic carbocycles. The van der Waals surface area contributed by atoms with Gasteiger partial charge in [-0.1, -0.05) is 13.3 Å². The third-order valence-corrected chi connectivity index (χ3v) is 2.25. The highest BCUT2D eigenvalue weighted by atomic mass is 16.2. The second kappa shape index (κ2) is 5.75. The number of nitrogens with two attached hydrogens (primary N) is 1. The number of carbonyl (C=O) groups excluding carboxylic acids is 2. The Bertz CT molecular complexity index is 396. The lowest BCUT2D eigenvalue weighted by atomic mass is 10.1. The number of nitrogens with zero attached hydrogens (tertiary/aromatic N) is 2. The molecule has 5 heteroatoms. The molecule has 0 saturated heterocycles. The van der Waals surface area contributed by atoms with Gasteiger partial charge in [0.1, 0.15) is 5.69 Å². The third kappa shape index (κ3) is 2.50. The molecule has 1 rings (SSSR count). The Labute approximate surface area is 93.6 Å². The Morgan fingerprint density at radius 2 is 2.06 bits per heavy atom. The normalized spacial score (nSPS) is 9.56. The van der Waals surface area contributed by atoms with Gasteiger partial charge in [0, 0.05) is 0 Å². The molecule has 1 aromatic carbocycles. The molecule has 0 heterocycles. The first-order valence-corrected chi connectivity index (χ1v) is 4.99. The number of benzene rings is 1. The van der Waals surface area contributed by atoms with Gasteiger partial charge in [-0.3, -0.25) is 14.5 Å². The number of rotatable bonds is 6. The first-order valence-electron chi connectivity index (χ1n) is 4.99. The second-order valence-corrected chi connectivity index (χ2v) is 3.31. The lowest BCUT2D eigenvalue weighted by molar-refractivity contribution is -0.210. The van der Waals surface area contributed by atoms with Crippen LogP contribution in [0.1, 0.15) is 18.9 Å². The number of hydrogen-bond acceptors (Lipinski definition) is 3. The van der Waals surface area contributed by atoms with Crippen molar-refractivity contribution in [2.45, 2.75) is 19.8 Å². The molecule has 0 unspecified atom stereocenters. The molecular weight excluding hydrogens is 206 g/mol. The van der Waals surface area contributed by atoms with Crippen molar-refractivity contribution in [3.8, 4) is 0 Å². The lowest BCUT2D eigenvalue weighted by Crippen LogP contribution is -2.22. The summed E-state index contributed by atoms with van der Waals surface area (Å²) in [6, 6.07) is 5.08. The van der Waals surface area contributed by atoms with Crippen molar-refractivity contribution in [2.75, 3.05) is 4.90 Å². The van der Waals surface area contributed by atoms with Gasteiger partial charge in [0.05, 0.1) is 5.69 Å². The Hall–Kier alpha value is -2.04. The van der Waals surface area contributed by atoms with E-state index in [2.05, 4.69) is 5.11 Å². The summed E-state index contributed by atoms with van der Waals surface area (Å²) in [6.45, 7) is 2.03. The monoisotopic (exact) mass is 220 g/mol. The minimum absolute atomic E-state index is 0.470. The summed E-state index contributed by atoms with van der Waals surface area (Å²) in [5, 5.41) is 3.65. The average Bonchev–Trinajstić information content (AvgIpc) is 2.31. The predicted molar refractivity (Wildman–Crippen MR) is 59.1 cm³/mol. The topological polar surface area (TPSA) is 75.3 Å². The van der Waals surface area contributed by atoms with Crippen LogP contribution < -0.4 is 10.4 Å². The summed E-state index contributed by atoms with van der Waals surface area (Å²) in [5.41, 5.74) is 7.38. The van der Waals surface area contributed by atoms with Crippen molar-refractivity contribution in [3.05, 3.63) is 23.8 Å². The molecule has 0 spiro atoms. The molecule has 0 bridgehead atoms. The molecule has 2 N–H and O–H groups in total. The van der Waals surface area contributed by atoms with Crippen LogP contribution in [0.15, 0.2) is 23.3 Å². The number of amides is 2. The molecule has 0 aromatic heterocycles. The van der Waals surface area contributed by atoms with Crippen LogP contribution in [0.25, 0.3) is 0 Å². The molecular formula is C11H14N3O2+. The van der Waals surface area contributed by atoms with Crippen molar-refractivity contribution in [1.29, 1.82) is 0 Å². The molecule has 0 fully saturated rings. The largest absolute Gasteiger partial charge is 0.278 e. The van der Waals surface area contributed by atoms with Gasteiger partial charge >= 0.3 is 0 Å². The average molecular weight is 220 g/mol. The standard InChI is InChI=1S/C11H13N3O2/c1-2-3-9-6-10(14(7-15)8-16)4-5-11(9)13-12/h4-8,12H,2-3H2,1H3/p+1. The zero-order chi connectivity index (χ0) is 12.0. The second-order valence-electron chi connectivity index (χ2n) is 3.31. The number of aryl methyl sites for hydroxylation is 1. The Morgan fingerprint density at radius 1 is 1.38 bits per heavy atom. The van der Waals surface area contributed by atoms with Crippen molar-refractivity contribution in [3.63, 3.8) is 0 Å². The molecule has 16 heavy (non-hydrogen) atoms. The Morgan fingerprint density at radius 3 is 2.56 bits per heavy atom. The van der Waals surface area contributed by atoms with Crippen molar-refractivity contribution >= 4 is 24.2 Å². The van der Waals surface area contributed by atoms with E-state index in [0.717, 1.165) is 23.3 Å². The zero-order valence-electron chi connectivity index (χ0n) is 9.09. The van der Waals surface area contributed by atoms with Gasteiger partial charge < -0.3 is 0 Å². The van der Waals surface area contributed by atoms with Crippen LogP contribution in [-0.4, -0.2) is 12.8 Å². The quantitative estimate of drug-likeness (QED) is 0.563. The highest BCUT2D eigenvalue weighted by Crippen LogP contribution is 2.24. The maximum atomic E-state index is 10.6. The minimum Gasteiger partial charge on any atom is -0.278 e. The molecule has 0 saturated carbocycles. The van der Waals surface area contributed by atoms with E-state index in [9.17, 15) is 9.59 Å². The fourth-order valence-corrected chi connectivity index (χ4v) is 1.47. The fraction of sp³-hybridized carbons (Fsp3) is 0.273. The van der Waals surface area contributed by atoms with Gasteiger partial charge in [0.2, 0.25) is 12.8 Å². The van der Waals surface area contributed by atoms with Gasteiger partial charge in [-0.05, 0) is 35.3 Å². The molecule has 0 radical (unpaired) electrons. The maximum absolute atomic E-state index is 10.6. The first-order chi connectivity index (χ1) is 7.76. The Kier molecular flexibility index (Phi) is 4.32. The number of imide groups is 1. The van der Waals surface area contributed by atoms with E-state index >= 15 is 0 Å². The summed E-state index contributed by atoms with van der Waals surface area (Å²) in [6.07, 6.45) is 2.68. The number of anilines is 1. The minimum atomic E-state index is 0.470. The third-order valence-electron chi connectivity index (χ3n) is 2.25. The number of hydrogen-bond donors (Lipinski definition) is 1. The Balaban J connectivity index is 3.14. The molecule has 84 valence electrons. The van der Waals surface area contributed by atoms with Gasteiger partial charge in [0.15, 0.2) is 0 Å². The summed E-state index contributed by atoms with van der Waals surface area (Å²) >= 11 is 0. The van der Waals surface area contributed by atoms with Crippen LogP contribution in [-0.2, 0) is 16.0 Å². The van der Waals surface area contributed by atoms with Gasteiger partial charge in [-0.25, -0.2) is 0 Å². The highest BCUT2D eigenvalue weighted by molar-refractivity contribution is 5.95. The van der Waals surface area contributed by atoms with Crippen LogP contribution in [0.5, 0.6) is 0 Å². The molecule has 0 aliphatic rings. The molecule has 0 atom stereocenters. The predicted octanol–water partition coefficient (Wildman–Crippen LogP) is 0.601. The highest BCUT2D eigenvalue weighted by Gasteiger charge is 2.08. The smallest absolute Gasteiger partial charge is 0.220 e.